The summed E-state index contributed by atoms with van der Waals surface area (Å²) in [6.45, 7) is 2.97. The lowest BCUT2D eigenvalue weighted by Crippen LogP contribution is -2.26. The van der Waals surface area contributed by atoms with Crippen molar-refractivity contribution in [3.05, 3.63) is 65.9 Å². The van der Waals surface area contributed by atoms with Crippen molar-refractivity contribution >= 4 is 16.8 Å². The molecule has 0 spiro atoms. The second-order valence-corrected chi connectivity index (χ2v) is 5.99. The van der Waals surface area contributed by atoms with Crippen molar-refractivity contribution in [1.29, 1.82) is 0 Å². The fourth-order valence-electron chi connectivity index (χ4n) is 2.74. The molecule has 0 unspecified atom stereocenters. The normalized spacial score (nSPS) is 10.5. The highest BCUT2D eigenvalue weighted by Crippen LogP contribution is 2.23. The quantitative estimate of drug-likeness (QED) is 0.659. The molecule has 0 saturated carbocycles. The van der Waals surface area contributed by atoms with E-state index in [1.165, 1.54) is 0 Å². The van der Waals surface area contributed by atoms with Crippen LogP contribution in [0.1, 0.15) is 22.3 Å². The number of hydrogen-bond acceptors (Lipinski definition) is 4. The van der Waals surface area contributed by atoms with E-state index in [0.717, 1.165) is 22.2 Å². The van der Waals surface area contributed by atoms with Crippen LogP contribution in [0.4, 0.5) is 0 Å². The van der Waals surface area contributed by atoms with Gasteiger partial charge in [0.2, 0.25) is 0 Å². The second kappa shape index (κ2) is 8.34. The van der Waals surface area contributed by atoms with Gasteiger partial charge in [-0.25, -0.2) is 0 Å². The number of amides is 1. The van der Waals surface area contributed by atoms with Gasteiger partial charge in [-0.05, 0) is 37.6 Å². The van der Waals surface area contributed by atoms with Crippen LogP contribution in [0.5, 0.6) is 11.5 Å². The third kappa shape index (κ3) is 4.11. The van der Waals surface area contributed by atoms with Crippen LogP contribution in [0.15, 0.2) is 54.7 Å². The summed E-state index contributed by atoms with van der Waals surface area (Å²) in [5.41, 5.74) is 2.41. The molecule has 0 saturated heterocycles. The Labute approximate surface area is 153 Å². The first-order valence-electron chi connectivity index (χ1n) is 8.58. The molecule has 0 atom stereocenters. The largest absolute Gasteiger partial charge is 0.496 e. The number of hydrogen-bond donors (Lipinski definition) is 1. The fourth-order valence-corrected chi connectivity index (χ4v) is 2.74. The Morgan fingerprint density at radius 3 is 2.81 bits per heavy atom. The molecule has 3 rings (SSSR count). The molecule has 5 nitrogen and oxygen atoms in total. The Morgan fingerprint density at radius 2 is 1.96 bits per heavy atom. The lowest BCUT2D eigenvalue weighted by Gasteiger charge is -2.11. The van der Waals surface area contributed by atoms with E-state index in [0.29, 0.717) is 30.9 Å². The Balaban J connectivity index is 1.51. The van der Waals surface area contributed by atoms with E-state index in [1.54, 1.807) is 19.4 Å². The molecule has 0 aliphatic heterocycles. The zero-order valence-corrected chi connectivity index (χ0v) is 15.0. The average Bonchev–Trinajstić information content (AvgIpc) is 2.67. The number of methoxy groups -OCH3 is 1. The molecule has 0 fully saturated rings. The van der Waals surface area contributed by atoms with Crippen molar-refractivity contribution in [3.63, 3.8) is 0 Å². The number of aryl methyl sites for hydroxylation is 1. The number of carbonyl (C=O) groups excluding carboxylic acids is 1. The van der Waals surface area contributed by atoms with Gasteiger partial charge < -0.3 is 14.8 Å². The van der Waals surface area contributed by atoms with Crippen LogP contribution in [-0.4, -0.2) is 31.2 Å². The van der Waals surface area contributed by atoms with Crippen molar-refractivity contribution in [2.24, 2.45) is 0 Å². The monoisotopic (exact) mass is 350 g/mol. The molecular weight excluding hydrogens is 328 g/mol. The highest BCUT2D eigenvalue weighted by atomic mass is 16.5. The summed E-state index contributed by atoms with van der Waals surface area (Å²) < 4.78 is 11.1. The minimum atomic E-state index is -0.141. The maximum atomic E-state index is 12.3. The fraction of sp³-hybridized carbons (Fsp3) is 0.238. The maximum absolute atomic E-state index is 12.3. The number of fused-ring (bicyclic) bond motifs is 1. The van der Waals surface area contributed by atoms with Crippen molar-refractivity contribution in [2.45, 2.75) is 13.3 Å². The molecule has 2 aromatic carbocycles. The van der Waals surface area contributed by atoms with Crippen LogP contribution < -0.4 is 14.8 Å². The SMILES string of the molecule is COc1ccc(C)cc1C(=O)NCCCOc1cccc2cccnc12. The molecule has 1 amide bonds. The first kappa shape index (κ1) is 17.7. The van der Waals surface area contributed by atoms with Gasteiger partial charge in [0, 0.05) is 18.1 Å². The molecular formula is C21H22N2O3. The van der Waals surface area contributed by atoms with Gasteiger partial charge >= 0.3 is 0 Å². The minimum absolute atomic E-state index is 0.141. The molecule has 0 aliphatic rings. The van der Waals surface area contributed by atoms with E-state index < -0.39 is 0 Å². The maximum Gasteiger partial charge on any atom is 0.255 e. The number of carbonyl (C=O) groups is 1. The van der Waals surface area contributed by atoms with Gasteiger partial charge in [-0.1, -0.05) is 29.8 Å². The van der Waals surface area contributed by atoms with E-state index in [-0.39, 0.29) is 5.91 Å². The standard InChI is InChI=1S/C21H22N2O3/c1-15-9-10-18(25-2)17(14-15)21(24)23-12-5-13-26-19-8-3-6-16-7-4-11-22-20(16)19/h3-4,6-11,14H,5,12-13H2,1-2H3,(H,23,24). The molecule has 0 aliphatic carbocycles. The van der Waals surface area contributed by atoms with Gasteiger partial charge in [-0.15, -0.1) is 0 Å². The zero-order chi connectivity index (χ0) is 18.4. The van der Waals surface area contributed by atoms with E-state index in [4.69, 9.17) is 9.47 Å². The number of nitrogens with zero attached hydrogens (tertiary/aromatic N) is 1. The smallest absolute Gasteiger partial charge is 0.255 e. The van der Waals surface area contributed by atoms with Gasteiger partial charge in [0.25, 0.3) is 5.91 Å². The summed E-state index contributed by atoms with van der Waals surface area (Å²) in [4.78, 5) is 16.7. The third-order valence-electron chi connectivity index (χ3n) is 4.06. The minimum Gasteiger partial charge on any atom is -0.496 e. The third-order valence-corrected chi connectivity index (χ3v) is 4.06. The van der Waals surface area contributed by atoms with Crippen molar-refractivity contribution in [1.82, 2.24) is 10.3 Å². The molecule has 5 heteroatoms. The number of para-hydroxylation sites is 1. The Kier molecular flexibility index (Phi) is 5.69. The highest BCUT2D eigenvalue weighted by Gasteiger charge is 2.11. The van der Waals surface area contributed by atoms with Crippen LogP contribution in [0, 0.1) is 6.92 Å². The number of nitrogens with one attached hydrogen (secondary N) is 1. The summed E-state index contributed by atoms with van der Waals surface area (Å²) in [6.07, 6.45) is 2.45. The molecule has 1 N–H and O–H groups in total. The van der Waals surface area contributed by atoms with Gasteiger partial charge in [0.1, 0.15) is 17.0 Å². The van der Waals surface area contributed by atoms with E-state index >= 15 is 0 Å². The van der Waals surface area contributed by atoms with E-state index in [9.17, 15) is 4.79 Å². The lowest BCUT2D eigenvalue weighted by atomic mass is 10.1. The van der Waals surface area contributed by atoms with Gasteiger partial charge in [-0.2, -0.15) is 0 Å². The summed E-state index contributed by atoms with van der Waals surface area (Å²) in [7, 11) is 1.56. The van der Waals surface area contributed by atoms with Gasteiger partial charge in [0.15, 0.2) is 0 Å². The Morgan fingerprint density at radius 1 is 1.12 bits per heavy atom. The number of aromatic nitrogens is 1. The summed E-state index contributed by atoms with van der Waals surface area (Å²) in [5, 5.41) is 3.96. The van der Waals surface area contributed by atoms with Crippen LogP contribution in [0.25, 0.3) is 10.9 Å². The zero-order valence-electron chi connectivity index (χ0n) is 15.0. The Hall–Kier alpha value is -3.08. The number of pyridine rings is 1. The molecule has 0 bridgehead atoms. The highest BCUT2D eigenvalue weighted by molar-refractivity contribution is 5.97. The summed E-state index contributed by atoms with van der Waals surface area (Å²) in [5.74, 6) is 1.19. The summed E-state index contributed by atoms with van der Waals surface area (Å²) in [6, 6.07) is 15.3. The Bertz CT molecular complexity index is 903. The van der Waals surface area contributed by atoms with Crippen LogP contribution in [0.3, 0.4) is 0 Å². The van der Waals surface area contributed by atoms with E-state index in [2.05, 4.69) is 10.3 Å². The average molecular weight is 350 g/mol. The van der Waals surface area contributed by atoms with E-state index in [1.807, 2.05) is 49.4 Å². The topological polar surface area (TPSA) is 60.5 Å². The van der Waals surface area contributed by atoms with Crippen molar-refractivity contribution in [3.8, 4) is 11.5 Å². The molecule has 26 heavy (non-hydrogen) atoms. The lowest BCUT2D eigenvalue weighted by molar-refractivity contribution is 0.0948. The molecule has 134 valence electrons. The van der Waals surface area contributed by atoms with Crippen LogP contribution >= 0.6 is 0 Å². The predicted molar refractivity (Wildman–Crippen MR) is 102 cm³/mol. The molecule has 0 radical (unpaired) electrons. The van der Waals surface area contributed by atoms with Crippen LogP contribution in [0.2, 0.25) is 0 Å². The number of rotatable bonds is 7. The molecule has 1 aromatic heterocycles. The number of ether oxygens (including phenoxy) is 2. The molecule has 3 aromatic rings. The summed E-state index contributed by atoms with van der Waals surface area (Å²) >= 11 is 0. The second-order valence-electron chi connectivity index (χ2n) is 5.99. The first-order valence-corrected chi connectivity index (χ1v) is 8.58. The number of benzene rings is 2. The van der Waals surface area contributed by atoms with Crippen molar-refractivity contribution in [2.75, 3.05) is 20.3 Å². The first-order chi connectivity index (χ1) is 12.7. The predicted octanol–water partition coefficient (Wildman–Crippen LogP) is 3.75. The van der Waals surface area contributed by atoms with Crippen molar-refractivity contribution < 1.29 is 14.3 Å². The molecule has 1 heterocycles. The van der Waals surface area contributed by atoms with Gasteiger partial charge in [0.05, 0.1) is 19.3 Å². The van der Waals surface area contributed by atoms with Gasteiger partial charge in [-0.3, -0.25) is 9.78 Å². The van der Waals surface area contributed by atoms with Crippen LogP contribution in [-0.2, 0) is 0 Å².